The Balaban J connectivity index is 1.58. The Morgan fingerprint density at radius 3 is 2.54 bits per heavy atom. The van der Waals surface area contributed by atoms with Crippen LogP contribution < -0.4 is 10.1 Å². The van der Waals surface area contributed by atoms with Crippen molar-refractivity contribution >= 4 is 23.4 Å². The van der Waals surface area contributed by atoms with E-state index in [0.717, 1.165) is 25.9 Å². The molecule has 1 saturated heterocycles. The van der Waals surface area contributed by atoms with Crippen molar-refractivity contribution in [2.24, 2.45) is 11.8 Å². The zero-order valence-electron chi connectivity index (χ0n) is 22.4. The summed E-state index contributed by atoms with van der Waals surface area (Å²) < 4.78 is 17.4. The highest BCUT2D eigenvalue weighted by molar-refractivity contribution is 6.00. The first-order chi connectivity index (χ1) is 17.8. The van der Waals surface area contributed by atoms with Crippen molar-refractivity contribution in [1.82, 2.24) is 14.7 Å². The predicted molar refractivity (Wildman–Crippen MR) is 139 cm³/mol. The van der Waals surface area contributed by atoms with Crippen molar-refractivity contribution in [2.45, 2.75) is 38.8 Å². The highest BCUT2D eigenvalue weighted by Crippen LogP contribution is 2.31. The van der Waals surface area contributed by atoms with Gasteiger partial charge in [-0.3, -0.25) is 19.3 Å². The summed E-state index contributed by atoms with van der Waals surface area (Å²) in [4.78, 5) is 44.8. The number of ether oxygens (including phenoxy) is 3. The minimum absolute atomic E-state index is 0.0144. The standard InChI is InChI=1S/C27H40N4O6/c1-18-14-31(25(32)16-30-9-11-36-12-10-30)19(2)17-37-23-8-7-21(28-26(33)20-5-6-20)13-22(23)27(34)29(3)15-24(18)35-4/h7-8,13,18-20,24H,5-6,9-12,14-17H2,1-4H3,(H,28,33)/t18-,19+,24+/m0/s1. The minimum atomic E-state index is -0.263. The number of amides is 3. The van der Waals surface area contributed by atoms with Gasteiger partial charge in [0.15, 0.2) is 0 Å². The molecule has 37 heavy (non-hydrogen) atoms. The Morgan fingerprint density at radius 2 is 1.86 bits per heavy atom. The van der Waals surface area contributed by atoms with Crippen LogP contribution in [0.25, 0.3) is 0 Å². The van der Waals surface area contributed by atoms with E-state index in [1.807, 2.05) is 18.7 Å². The third-order valence-corrected chi connectivity index (χ3v) is 7.44. The Hall–Kier alpha value is -2.69. The van der Waals surface area contributed by atoms with Crippen molar-refractivity contribution in [2.75, 3.05) is 72.0 Å². The third-order valence-electron chi connectivity index (χ3n) is 7.44. The first-order valence-electron chi connectivity index (χ1n) is 13.2. The van der Waals surface area contributed by atoms with Gasteiger partial charge in [0.2, 0.25) is 11.8 Å². The lowest BCUT2D eigenvalue weighted by atomic mass is 10.0. The molecule has 0 bridgehead atoms. The zero-order valence-corrected chi connectivity index (χ0v) is 22.4. The van der Waals surface area contributed by atoms with Gasteiger partial charge in [-0.25, -0.2) is 0 Å². The van der Waals surface area contributed by atoms with Crippen LogP contribution in [0.5, 0.6) is 5.75 Å². The van der Waals surface area contributed by atoms with Crippen LogP contribution in [-0.2, 0) is 19.1 Å². The molecular weight excluding hydrogens is 476 g/mol. The van der Waals surface area contributed by atoms with Crippen LogP contribution in [-0.4, -0.2) is 111 Å². The molecule has 3 atom stereocenters. The summed E-state index contributed by atoms with van der Waals surface area (Å²) in [5.41, 5.74) is 0.942. The third kappa shape index (κ3) is 7.00. The normalized spacial score (nSPS) is 25.9. The summed E-state index contributed by atoms with van der Waals surface area (Å²) in [6, 6.07) is 4.93. The molecule has 10 heteroatoms. The molecule has 10 nitrogen and oxygen atoms in total. The number of fused-ring (bicyclic) bond motifs is 1. The molecule has 1 aromatic carbocycles. The number of hydrogen-bond donors (Lipinski definition) is 1. The van der Waals surface area contributed by atoms with E-state index in [1.54, 1.807) is 37.3 Å². The summed E-state index contributed by atoms with van der Waals surface area (Å²) in [6.45, 7) is 8.16. The lowest BCUT2D eigenvalue weighted by Crippen LogP contribution is -2.52. The quantitative estimate of drug-likeness (QED) is 0.636. The fraction of sp³-hybridized carbons (Fsp3) is 0.667. The van der Waals surface area contributed by atoms with E-state index in [-0.39, 0.29) is 48.3 Å². The number of methoxy groups -OCH3 is 1. The van der Waals surface area contributed by atoms with Crippen LogP contribution in [0.2, 0.25) is 0 Å². The molecule has 2 fully saturated rings. The number of nitrogens with one attached hydrogen (secondary N) is 1. The highest BCUT2D eigenvalue weighted by Gasteiger charge is 2.32. The van der Waals surface area contributed by atoms with E-state index in [0.29, 0.717) is 49.8 Å². The smallest absolute Gasteiger partial charge is 0.257 e. The molecule has 1 saturated carbocycles. The second-order valence-electron chi connectivity index (χ2n) is 10.5. The molecule has 4 rings (SSSR count). The second-order valence-corrected chi connectivity index (χ2v) is 10.5. The number of carbonyl (C=O) groups is 3. The Bertz CT molecular complexity index is 978. The van der Waals surface area contributed by atoms with Crippen LogP contribution in [0.1, 0.15) is 37.0 Å². The number of nitrogens with zero attached hydrogens (tertiary/aromatic N) is 3. The molecule has 3 amide bonds. The van der Waals surface area contributed by atoms with Crippen molar-refractivity contribution in [3.63, 3.8) is 0 Å². The van der Waals surface area contributed by atoms with Crippen molar-refractivity contribution in [3.05, 3.63) is 23.8 Å². The minimum Gasteiger partial charge on any atom is -0.491 e. The monoisotopic (exact) mass is 516 g/mol. The summed E-state index contributed by atoms with van der Waals surface area (Å²) >= 11 is 0. The van der Waals surface area contributed by atoms with Crippen molar-refractivity contribution in [3.8, 4) is 5.75 Å². The van der Waals surface area contributed by atoms with E-state index in [1.165, 1.54) is 0 Å². The molecule has 2 aliphatic heterocycles. The molecule has 1 aliphatic carbocycles. The molecule has 1 N–H and O–H groups in total. The number of benzene rings is 1. The first-order valence-corrected chi connectivity index (χ1v) is 13.2. The molecule has 0 unspecified atom stereocenters. The maximum atomic E-state index is 13.5. The summed E-state index contributed by atoms with van der Waals surface area (Å²) in [7, 11) is 3.37. The highest BCUT2D eigenvalue weighted by atomic mass is 16.5. The number of carbonyl (C=O) groups excluding carboxylic acids is 3. The number of rotatable bonds is 5. The fourth-order valence-electron chi connectivity index (χ4n) is 4.83. The van der Waals surface area contributed by atoms with Crippen LogP contribution in [0.4, 0.5) is 5.69 Å². The number of anilines is 1. The van der Waals surface area contributed by atoms with Crippen molar-refractivity contribution < 1.29 is 28.6 Å². The number of hydrogen-bond acceptors (Lipinski definition) is 7. The Kier molecular flexibility index (Phi) is 9.04. The largest absolute Gasteiger partial charge is 0.491 e. The summed E-state index contributed by atoms with van der Waals surface area (Å²) in [5, 5.41) is 2.92. The van der Waals surface area contributed by atoms with Gasteiger partial charge in [0.1, 0.15) is 12.4 Å². The molecule has 3 aliphatic rings. The first kappa shape index (κ1) is 27.3. The van der Waals surface area contributed by atoms with E-state index in [2.05, 4.69) is 10.2 Å². The fourth-order valence-corrected chi connectivity index (χ4v) is 4.83. The van der Waals surface area contributed by atoms with Gasteiger partial charge >= 0.3 is 0 Å². The summed E-state index contributed by atoms with van der Waals surface area (Å²) in [5.74, 6) is 0.281. The predicted octanol–water partition coefficient (Wildman–Crippen LogP) is 1.70. The molecular formula is C27H40N4O6. The van der Waals surface area contributed by atoms with Crippen LogP contribution in [0.3, 0.4) is 0 Å². The lowest BCUT2D eigenvalue weighted by molar-refractivity contribution is -0.137. The maximum absolute atomic E-state index is 13.5. The average Bonchev–Trinajstić information content (AvgIpc) is 3.74. The topological polar surface area (TPSA) is 101 Å². The zero-order chi connectivity index (χ0) is 26.5. The van der Waals surface area contributed by atoms with E-state index in [4.69, 9.17) is 14.2 Å². The SMILES string of the molecule is CO[C@@H]1CN(C)C(=O)c2cc(NC(=O)C3CC3)ccc2OC[C@@H](C)N(C(=O)CN2CCOCC2)C[C@@H]1C. The van der Waals surface area contributed by atoms with Gasteiger partial charge in [-0.15, -0.1) is 0 Å². The van der Waals surface area contributed by atoms with Crippen LogP contribution >= 0.6 is 0 Å². The summed E-state index contributed by atoms with van der Waals surface area (Å²) in [6.07, 6.45) is 1.54. The van der Waals surface area contributed by atoms with Gasteiger partial charge in [-0.05, 0) is 38.0 Å². The van der Waals surface area contributed by atoms with Gasteiger partial charge in [0, 0.05) is 57.9 Å². The van der Waals surface area contributed by atoms with Crippen LogP contribution in [0, 0.1) is 11.8 Å². The molecule has 0 radical (unpaired) electrons. The average molecular weight is 517 g/mol. The van der Waals surface area contributed by atoms with E-state index >= 15 is 0 Å². The van der Waals surface area contributed by atoms with Crippen molar-refractivity contribution in [1.29, 1.82) is 0 Å². The van der Waals surface area contributed by atoms with E-state index < -0.39 is 0 Å². The Labute approximate surface area is 219 Å². The van der Waals surface area contributed by atoms with Gasteiger partial charge in [0.05, 0.1) is 37.5 Å². The second kappa shape index (κ2) is 12.2. The van der Waals surface area contributed by atoms with E-state index in [9.17, 15) is 14.4 Å². The number of likely N-dealkylation sites (N-methyl/N-ethyl adjacent to an activating group) is 1. The molecule has 204 valence electrons. The Morgan fingerprint density at radius 1 is 1.14 bits per heavy atom. The molecule has 0 aromatic heterocycles. The van der Waals surface area contributed by atoms with Gasteiger partial charge in [-0.2, -0.15) is 0 Å². The van der Waals surface area contributed by atoms with Crippen LogP contribution in [0.15, 0.2) is 18.2 Å². The van der Waals surface area contributed by atoms with Gasteiger partial charge < -0.3 is 29.3 Å². The molecule has 2 heterocycles. The van der Waals surface area contributed by atoms with Gasteiger partial charge in [0.25, 0.3) is 5.91 Å². The van der Waals surface area contributed by atoms with Gasteiger partial charge in [-0.1, -0.05) is 6.92 Å². The lowest BCUT2D eigenvalue weighted by Gasteiger charge is -2.37. The maximum Gasteiger partial charge on any atom is 0.257 e. The number of morpholine rings is 1. The molecule has 0 spiro atoms. The molecule has 1 aromatic rings.